The molecule has 0 amide bonds. The zero-order chi connectivity index (χ0) is 15.7. The Balaban J connectivity index is 1.95. The number of fused-ring (bicyclic) bond motifs is 1. The highest BCUT2D eigenvalue weighted by molar-refractivity contribution is 5.71. The Hall–Kier alpha value is -1.75. The second-order valence-electron chi connectivity index (χ2n) is 6.36. The minimum atomic E-state index is -0.726. The molecule has 1 saturated heterocycles. The third kappa shape index (κ3) is 2.90. The van der Waals surface area contributed by atoms with Gasteiger partial charge in [0.25, 0.3) is 0 Å². The molecule has 0 radical (unpaired) electrons. The molecule has 22 heavy (non-hydrogen) atoms. The van der Waals surface area contributed by atoms with Crippen LogP contribution in [0.4, 0.5) is 0 Å². The lowest BCUT2D eigenvalue weighted by molar-refractivity contribution is -0.141. The van der Waals surface area contributed by atoms with E-state index >= 15 is 0 Å². The summed E-state index contributed by atoms with van der Waals surface area (Å²) in [7, 11) is 0. The van der Waals surface area contributed by atoms with Gasteiger partial charge < -0.3 is 19.9 Å². The van der Waals surface area contributed by atoms with E-state index in [1.807, 2.05) is 6.07 Å². The van der Waals surface area contributed by atoms with E-state index in [2.05, 4.69) is 25.2 Å². The summed E-state index contributed by atoms with van der Waals surface area (Å²) in [5, 5.41) is 12.5. The van der Waals surface area contributed by atoms with Crippen molar-refractivity contribution in [3.63, 3.8) is 0 Å². The maximum Gasteiger partial charge on any atom is 0.307 e. The molecule has 0 saturated carbocycles. The predicted molar refractivity (Wildman–Crippen MR) is 82.6 cm³/mol. The van der Waals surface area contributed by atoms with Crippen molar-refractivity contribution in [2.75, 3.05) is 19.8 Å². The van der Waals surface area contributed by atoms with Crippen LogP contribution in [0.2, 0.25) is 0 Å². The number of rotatable bonds is 3. The van der Waals surface area contributed by atoms with Crippen molar-refractivity contribution in [3.05, 3.63) is 23.3 Å². The minimum absolute atomic E-state index is 0.0654. The summed E-state index contributed by atoms with van der Waals surface area (Å²) in [4.78, 5) is 11.2. The van der Waals surface area contributed by atoms with E-state index in [-0.39, 0.29) is 12.0 Å². The number of carboxylic acids is 1. The summed E-state index contributed by atoms with van der Waals surface area (Å²) in [6.07, 6.45) is 1.50. The number of carboxylic acid groups (broad SMARTS) is 1. The molecule has 120 valence electrons. The number of nitrogens with one attached hydrogen (secondary N) is 1. The lowest BCUT2D eigenvalue weighted by atomic mass is 9.90. The summed E-state index contributed by atoms with van der Waals surface area (Å²) in [6.45, 7) is 6.14. The van der Waals surface area contributed by atoms with Gasteiger partial charge in [0.15, 0.2) is 11.5 Å². The molecule has 5 nitrogen and oxygen atoms in total. The third-order valence-electron chi connectivity index (χ3n) is 4.43. The van der Waals surface area contributed by atoms with Gasteiger partial charge in [-0.2, -0.15) is 0 Å². The minimum Gasteiger partial charge on any atom is -0.490 e. The molecule has 1 fully saturated rings. The highest BCUT2D eigenvalue weighted by Crippen LogP contribution is 2.40. The molecule has 0 bridgehead atoms. The van der Waals surface area contributed by atoms with Crippen LogP contribution in [0, 0.1) is 5.92 Å². The molecule has 0 aromatic heterocycles. The Labute approximate surface area is 130 Å². The van der Waals surface area contributed by atoms with E-state index in [1.165, 1.54) is 5.56 Å². The van der Waals surface area contributed by atoms with Gasteiger partial charge in [0, 0.05) is 19.0 Å². The van der Waals surface area contributed by atoms with Crippen LogP contribution in [0.5, 0.6) is 11.5 Å². The van der Waals surface area contributed by atoms with Gasteiger partial charge >= 0.3 is 5.97 Å². The normalized spacial score (nSPS) is 24.3. The zero-order valence-corrected chi connectivity index (χ0v) is 13.1. The second kappa shape index (κ2) is 6.16. The first-order valence-corrected chi connectivity index (χ1v) is 7.96. The van der Waals surface area contributed by atoms with E-state index in [0.717, 1.165) is 23.5 Å². The molecule has 0 aliphatic carbocycles. The van der Waals surface area contributed by atoms with Crippen LogP contribution in [0.15, 0.2) is 12.1 Å². The SMILES string of the molecule is CC(C)c1cc2c(cc1C1CC(C(=O)O)CN1)OCCCO2. The number of carbonyl (C=O) groups is 1. The fourth-order valence-corrected chi connectivity index (χ4v) is 3.20. The lowest BCUT2D eigenvalue weighted by Gasteiger charge is -2.21. The summed E-state index contributed by atoms with van der Waals surface area (Å²) in [6, 6.07) is 4.17. The Morgan fingerprint density at radius 1 is 1.27 bits per heavy atom. The van der Waals surface area contributed by atoms with Crippen LogP contribution >= 0.6 is 0 Å². The van der Waals surface area contributed by atoms with E-state index in [4.69, 9.17) is 9.47 Å². The largest absolute Gasteiger partial charge is 0.490 e. The standard InChI is InChI=1S/C17H23NO4/c1-10(2)12-7-15-16(22-5-3-4-21-15)8-13(12)14-6-11(9-18-14)17(19)20/h7-8,10-11,14,18H,3-6,9H2,1-2H3,(H,19,20). The van der Waals surface area contributed by atoms with Crippen molar-refractivity contribution in [1.29, 1.82) is 0 Å². The molecule has 2 aliphatic heterocycles. The predicted octanol–water partition coefficient (Wildman–Crippen LogP) is 2.71. The van der Waals surface area contributed by atoms with Crippen LogP contribution < -0.4 is 14.8 Å². The van der Waals surface area contributed by atoms with Crippen molar-refractivity contribution >= 4 is 5.97 Å². The molecule has 1 aromatic rings. The van der Waals surface area contributed by atoms with E-state index < -0.39 is 5.97 Å². The fourth-order valence-electron chi connectivity index (χ4n) is 3.20. The lowest BCUT2D eigenvalue weighted by Crippen LogP contribution is -2.18. The first-order valence-electron chi connectivity index (χ1n) is 7.96. The quantitative estimate of drug-likeness (QED) is 0.898. The van der Waals surface area contributed by atoms with Crippen LogP contribution in [-0.2, 0) is 4.79 Å². The van der Waals surface area contributed by atoms with Crippen molar-refractivity contribution in [2.24, 2.45) is 5.92 Å². The van der Waals surface area contributed by atoms with Gasteiger partial charge in [0.05, 0.1) is 19.1 Å². The van der Waals surface area contributed by atoms with E-state index in [0.29, 0.717) is 32.1 Å². The topological polar surface area (TPSA) is 67.8 Å². The highest BCUT2D eigenvalue weighted by Gasteiger charge is 2.32. The summed E-state index contributed by atoms with van der Waals surface area (Å²) in [5.74, 6) is 0.879. The summed E-state index contributed by atoms with van der Waals surface area (Å²) >= 11 is 0. The van der Waals surface area contributed by atoms with Crippen molar-refractivity contribution in [2.45, 2.75) is 38.6 Å². The maximum atomic E-state index is 11.2. The van der Waals surface area contributed by atoms with Crippen LogP contribution in [0.3, 0.4) is 0 Å². The molecule has 2 N–H and O–H groups in total. The van der Waals surface area contributed by atoms with E-state index in [9.17, 15) is 9.90 Å². The van der Waals surface area contributed by atoms with Crippen molar-refractivity contribution < 1.29 is 19.4 Å². The Kier molecular flexibility index (Phi) is 4.25. The van der Waals surface area contributed by atoms with Crippen molar-refractivity contribution in [3.8, 4) is 11.5 Å². The third-order valence-corrected chi connectivity index (χ3v) is 4.43. The maximum absolute atomic E-state index is 11.2. The Morgan fingerprint density at radius 2 is 1.95 bits per heavy atom. The average Bonchev–Trinajstić information content (AvgIpc) is 2.86. The van der Waals surface area contributed by atoms with Gasteiger partial charge in [-0.1, -0.05) is 13.8 Å². The van der Waals surface area contributed by atoms with Gasteiger partial charge in [-0.25, -0.2) is 0 Å². The molecule has 2 heterocycles. The van der Waals surface area contributed by atoms with Gasteiger partial charge in [-0.3, -0.25) is 4.79 Å². The first-order chi connectivity index (χ1) is 10.6. The highest BCUT2D eigenvalue weighted by atomic mass is 16.5. The van der Waals surface area contributed by atoms with Crippen LogP contribution in [0.1, 0.15) is 49.8 Å². The second-order valence-corrected chi connectivity index (χ2v) is 6.36. The van der Waals surface area contributed by atoms with Gasteiger partial charge in [0.1, 0.15) is 0 Å². The summed E-state index contributed by atoms with van der Waals surface area (Å²) < 4.78 is 11.6. The number of ether oxygens (including phenoxy) is 2. The smallest absolute Gasteiger partial charge is 0.307 e. The molecule has 2 aliphatic rings. The monoisotopic (exact) mass is 305 g/mol. The molecular weight excluding hydrogens is 282 g/mol. The average molecular weight is 305 g/mol. The summed E-state index contributed by atoms with van der Waals surface area (Å²) in [5.41, 5.74) is 2.34. The van der Waals surface area contributed by atoms with Crippen LogP contribution in [-0.4, -0.2) is 30.8 Å². The molecule has 2 atom stereocenters. The molecule has 3 rings (SSSR count). The molecule has 1 aromatic carbocycles. The Bertz CT molecular complexity index is 570. The van der Waals surface area contributed by atoms with Crippen LogP contribution in [0.25, 0.3) is 0 Å². The molecule has 2 unspecified atom stereocenters. The van der Waals surface area contributed by atoms with Crippen molar-refractivity contribution in [1.82, 2.24) is 5.32 Å². The number of hydrogen-bond acceptors (Lipinski definition) is 4. The molecule has 0 spiro atoms. The first kappa shape index (κ1) is 15.2. The zero-order valence-electron chi connectivity index (χ0n) is 13.1. The Morgan fingerprint density at radius 3 is 2.55 bits per heavy atom. The van der Waals surface area contributed by atoms with Gasteiger partial charge in [-0.15, -0.1) is 0 Å². The van der Waals surface area contributed by atoms with E-state index in [1.54, 1.807) is 0 Å². The number of benzene rings is 1. The molecule has 5 heteroatoms. The fraction of sp³-hybridized carbons (Fsp3) is 0.588. The number of hydrogen-bond donors (Lipinski definition) is 2. The molecular formula is C17H23NO4. The van der Waals surface area contributed by atoms with Gasteiger partial charge in [0.2, 0.25) is 0 Å². The number of aliphatic carboxylic acids is 1. The van der Waals surface area contributed by atoms with Gasteiger partial charge in [-0.05, 0) is 35.6 Å².